The highest BCUT2D eigenvalue weighted by Crippen LogP contribution is 2.33. The summed E-state index contributed by atoms with van der Waals surface area (Å²) in [6, 6.07) is 10.0. The quantitative estimate of drug-likeness (QED) is 0.715. The van der Waals surface area contributed by atoms with Crippen LogP contribution in [0.2, 0.25) is 5.02 Å². The average molecular weight is 451 g/mol. The molecular weight excluding hydrogens is 428 g/mol. The normalized spacial score (nSPS) is 17.5. The molecular formula is C21H23ClN2O5S. The van der Waals surface area contributed by atoms with E-state index in [1.165, 1.54) is 23.5 Å². The number of methoxy groups -OCH3 is 1. The van der Waals surface area contributed by atoms with Gasteiger partial charge in [-0.2, -0.15) is 4.31 Å². The average Bonchev–Trinajstić information content (AvgIpc) is 2.78. The van der Waals surface area contributed by atoms with Gasteiger partial charge in [0.15, 0.2) is 0 Å². The van der Waals surface area contributed by atoms with Crippen LogP contribution in [0.5, 0.6) is 5.75 Å². The molecule has 0 aromatic heterocycles. The highest BCUT2D eigenvalue weighted by atomic mass is 35.5. The van der Waals surface area contributed by atoms with Gasteiger partial charge in [-0.1, -0.05) is 11.6 Å². The number of hydrogen-bond acceptors (Lipinski definition) is 5. The van der Waals surface area contributed by atoms with E-state index in [2.05, 4.69) is 0 Å². The van der Waals surface area contributed by atoms with Crippen molar-refractivity contribution in [2.75, 3.05) is 44.9 Å². The Kier molecular flexibility index (Phi) is 6.02. The Morgan fingerprint density at radius 2 is 1.87 bits per heavy atom. The van der Waals surface area contributed by atoms with Gasteiger partial charge in [0.1, 0.15) is 10.6 Å². The van der Waals surface area contributed by atoms with Crippen molar-refractivity contribution < 1.29 is 22.7 Å². The molecule has 9 heteroatoms. The number of morpholine rings is 1. The summed E-state index contributed by atoms with van der Waals surface area (Å²) < 4.78 is 38.3. The third kappa shape index (κ3) is 3.92. The Balaban J connectivity index is 1.71. The maximum Gasteiger partial charge on any atom is 0.258 e. The molecule has 160 valence electrons. The van der Waals surface area contributed by atoms with Crippen molar-refractivity contribution in [1.29, 1.82) is 0 Å². The lowest BCUT2D eigenvalue weighted by Gasteiger charge is -2.30. The summed E-state index contributed by atoms with van der Waals surface area (Å²) in [6.45, 7) is 1.78. The SMILES string of the molecule is COc1ccc(C(=O)N2CCCc3cc(Cl)ccc32)cc1S(=O)(=O)N1CCOCC1. The van der Waals surface area contributed by atoms with E-state index in [-0.39, 0.29) is 29.6 Å². The second kappa shape index (κ2) is 8.55. The standard InChI is InChI=1S/C21H23ClN2O5S/c1-28-19-7-4-16(14-20(19)30(26,27)23-9-11-29-12-10-23)21(25)24-8-2-3-15-13-17(22)5-6-18(15)24/h4-7,13-14H,2-3,8-12H2,1H3. The summed E-state index contributed by atoms with van der Waals surface area (Å²) in [6.07, 6.45) is 1.66. The van der Waals surface area contributed by atoms with Gasteiger partial charge in [0, 0.05) is 35.9 Å². The van der Waals surface area contributed by atoms with Gasteiger partial charge in [-0.05, 0) is 54.8 Å². The van der Waals surface area contributed by atoms with E-state index in [1.54, 1.807) is 17.0 Å². The molecule has 0 spiro atoms. The number of amides is 1. The van der Waals surface area contributed by atoms with Crippen LogP contribution in [0.1, 0.15) is 22.3 Å². The van der Waals surface area contributed by atoms with Gasteiger partial charge in [-0.3, -0.25) is 4.79 Å². The zero-order chi connectivity index (χ0) is 21.3. The minimum atomic E-state index is -3.82. The molecule has 1 amide bonds. The number of halogens is 1. The number of fused-ring (bicyclic) bond motifs is 1. The van der Waals surface area contributed by atoms with Crippen LogP contribution >= 0.6 is 11.6 Å². The van der Waals surface area contributed by atoms with E-state index in [0.717, 1.165) is 24.1 Å². The summed E-state index contributed by atoms with van der Waals surface area (Å²) in [7, 11) is -2.40. The third-order valence-electron chi connectivity index (χ3n) is 5.40. The van der Waals surface area contributed by atoms with Crippen LogP contribution < -0.4 is 9.64 Å². The molecule has 30 heavy (non-hydrogen) atoms. The molecule has 7 nitrogen and oxygen atoms in total. The summed E-state index contributed by atoms with van der Waals surface area (Å²) in [5, 5.41) is 0.631. The monoisotopic (exact) mass is 450 g/mol. The van der Waals surface area contributed by atoms with Crippen molar-refractivity contribution in [2.45, 2.75) is 17.7 Å². The second-order valence-corrected chi connectivity index (χ2v) is 9.56. The highest BCUT2D eigenvalue weighted by Gasteiger charge is 2.31. The van der Waals surface area contributed by atoms with Crippen LogP contribution in [0.3, 0.4) is 0 Å². The topological polar surface area (TPSA) is 76.2 Å². The highest BCUT2D eigenvalue weighted by molar-refractivity contribution is 7.89. The number of hydrogen-bond donors (Lipinski definition) is 0. The summed E-state index contributed by atoms with van der Waals surface area (Å²) >= 11 is 6.10. The first kappa shape index (κ1) is 21.1. The number of rotatable bonds is 4. The molecule has 2 heterocycles. The zero-order valence-electron chi connectivity index (χ0n) is 16.6. The van der Waals surface area contributed by atoms with Crippen LogP contribution in [0.25, 0.3) is 0 Å². The molecule has 0 saturated carbocycles. The fraction of sp³-hybridized carbons (Fsp3) is 0.381. The van der Waals surface area contributed by atoms with Crippen LogP contribution in [0.15, 0.2) is 41.3 Å². The van der Waals surface area contributed by atoms with Crippen molar-refractivity contribution >= 4 is 33.2 Å². The van der Waals surface area contributed by atoms with E-state index in [9.17, 15) is 13.2 Å². The van der Waals surface area contributed by atoms with Crippen molar-refractivity contribution in [2.24, 2.45) is 0 Å². The predicted molar refractivity (Wildman–Crippen MR) is 114 cm³/mol. The minimum Gasteiger partial charge on any atom is -0.495 e. The number of carbonyl (C=O) groups excluding carboxylic acids is 1. The number of ether oxygens (including phenoxy) is 2. The lowest BCUT2D eigenvalue weighted by Crippen LogP contribution is -2.41. The van der Waals surface area contributed by atoms with Crippen LogP contribution in [0, 0.1) is 0 Å². The van der Waals surface area contributed by atoms with Gasteiger partial charge in [0.2, 0.25) is 10.0 Å². The minimum absolute atomic E-state index is 0.00825. The third-order valence-corrected chi connectivity index (χ3v) is 7.56. The maximum atomic E-state index is 13.3. The van der Waals surface area contributed by atoms with Gasteiger partial charge in [0.05, 0.1) is 20.3 Å². The van der Waals surface area contributed by atoms with Crippen LogP contribution in [-0.2, 0) is 21.2 Å². The van der Waals surface area contributed by atoms with E-state index in [4.69, 9.17) is 21.1 Å². The van der Waals surface area contributed by atoms with E-state index in [0.29, 0.717) is 30.3 Å². The first-order chi connectivity index (χ1) is 14.4. The molecule has 2 aliphatic rings. The van der Waals surface area contributed by atoms with Crippen molar-refractivity contribution in [3.63, 3.8) is 0 Å². The molecule has 0 N–H and O–H groups in total. The summed E-state index contributed by atoms with van der Waals surface area (Å²) in [5.74, 6) is -0.0387. The molecule has 0 unspecified atom stereocenters. The lowest BCUT2D eigenvalue weighted by atomic mass is 10.0. The Morgan fingerprint density at radius 3 is 2.60 bits per heavy atom. The first-order valence-electron chi connectivity index (χ1n) is 9.78. The van der Waals surface area contributed by atoms with Crippen molar-refractivity contribution in [3.05, 3.63) is 52.5 Å². The molecule has 1 saturated heterocycles. The van der Waals surface area contributed by atoms with Gasteiger partial charge >= 0.3 is 0 Å². The fourth-order valence-corrected chi connectivity index (χ4v) is 5.65. The smallest absolute Gasteiger partial charge is 0.258 e. The Bertz CT molecular complexity index is 1070. The number of benzene rings is 2. The largest absolute Gasteiger partial charge is 0.495 e. The number of carbonyl (C=O) groups is 1. The molecule has 2 aromatic carbocycles. The lowest BCUT2D eigenvalue weighted by molar-refractivity contribution is 0.0729. The molecule has 0 radical (unpaired) electrons. The molecule has 0 aliphatic carbocycles. The van der Waals surface area contributed by atoms with Crippen molar-refractivity contribution in [1.82, 2.24) is 4.31 Å². The van der Waals surface area contributed by atoms with Crippen LogP contribution in [0.4, 0.5) is 5.69 Å². The summed E-state index contributed by atoms with van der Waals surface area (Å²) in [5.41, 5.74) is 2.12. The van der Waals surface area contributed by atoms with Crippen LogP contribution in [-0.4, -0.2) is 58.6 Å². The fourth-order valence-electron chi connectivity index (χ4n) is 3.87. The number of sulfonamides is 1. The Hall–Kier alpha value is -2.13. The Labute approximate surface area is 181 Å². The molecule has 1 fully saturated rings. The zero-order valence-corrected chi connectivity index (χ0v) is 18.2. The number of anilines is 1. The predicted octanol–water partition coefficient (Wildman–Crippen LogP) is 2.96. The molecule has 0 bridgehead atoms. The molecule has 4 rings (SSSR count). The Morgan fingerprint density at radius 1 is 1.10 bits per heavy atom. The van der Waals surface area contributed by atoms with E-state index < -0.39 is 10.0 Å². The van der Waals surface area contributed by atoms with E-state index >= 15 is 0 Å². The second-order valence-electron chi connectivity index (χ2n) is 7.22. The number of aryl methyl sites for hydroxylation is 1. The summed E-state index contributed by atoms with van der Waals surface area (Å²) in [4.78, 5) is 15.0. The van der Waals surface area contributed by atoms with E-state index in [1.807, 2.05) is 12.1 Å². The van der Waals surface area contributed by atoms with Gasteiger partial charge in [-0.25, -0.2) is 8.42 Å². The van der Waals surface area contributed by atoms with Gasteiger partial charge in [-0.15, -0.1) is 0 Å². The molecule has 0 atom stereocenters. The molecule has 2 aliphatic heterocycles. The molecule has 2 aromatic rings. The van der Waals surface area contributed by atoms with Gasteiger partial charge < -0.3 is 14.4 Å². The maximum absolute atomic E-state index is 13.3. The first-order valence-corrected chi connectivity index (χ1v) is 11.6. The van der Waals surface area contributed by atoms with Gasteiger partial charge in [0.25, 0.3) is 5.91 Å². The van der Waals surface area contributed by atoms with Crippen molar-refractivity contribution in [3.8, 4) is 5.75 Å². The number of nitrogens with zero attached hydrogens (tertiary/aromatic N) is 2.